The van der Waals surface area contributed by atoms with Gasteiger partial charge in [0.1, 0.15) is 0 Å². The predicted molar refractivity (Wildman–Crippen MR) is 123 cm³/mol. The van der Waals surface area contributed by atoms with Crippen LogP contribution >= 0.6 is 0 Å². The van der Waals surface area contributed by atoms with E-state index in [4.69, 9.17) is 9.63 Å². The monoisotopic (exact) mass is 448 g/mol. The molecular weight excluding hydrogens is 401 g/mol. The Labute approximate surface area is 174 Å². The van der Waals surface area contributed by atoms with Gasteiger partial charge in [-0.05, 0) is 19.6 Å². The Hall–Kier alpha value is 1.04. The van der Waals surface area contributed by atoms with Crippen LogP contribution in [0.15, 0.2) is 0 Å². The molecule has 0 fully saturated rings. The molecule has 0 aliphatic rings. The zero-order valence-electron chi connectivity index (χ0n) is 19.1. The molecule has 0 bridgehead atoms. The van der Waals surface area contributed by atoms with E-state index in [9.17, 15) is 0 Å². The van der Waals surface area contributed by atoms with E-state index in [1.165, 1.54) is 18.1 Å². The van der Waals surface area contributed by atoms with Crippen LogP contribution in [0.2, 0.25) is 57.4 Å². The molecule has 0 rings (SSSR count). The molecule has 0 atom stereocenters. The van der Waals surface area contributed by atoms with Gasteiger partial charge in [0.25, 0.3) is 0 Å². The Morgan fingerprint density at radius 2 is 1.04 bits per heavy atom. The van der Waals surface area contributed by atoms with Crippen molar-refractivity contribution in [3.8, 4) is 0 Å². The molecule has 0 aliphatic heterocycles. The van der Waals surface area contributed by atoms with E-state index in [2.05, 4.69) is 78.8 Å². The normalized spacial score (nSPS) is 12.5. The molecule has 0 aromatic carbocycles. The molecular formula is C18H47CoN3Si3+. The standard InChI is InChI=1S/C12H29N2Si.C6H18NSi2.Co/c1-6-14(7-2)12-11-13-15(8-3,9-4)10-5;1-8(2,3)7-9(4,5)6;/h6-12H2,1-5H3;1-6H3;/q2*-1;+3. The molecule has 0 saturated carbocycles. The van der Waals surface area contributed by atoms with Gasteiger partial charge in [0, 0.05) is 0 Å². The van der Waals surface area contributed by atoms with E-state index in [0.717, 1.165) is 26.2 Å². The smallest absolute Gasteiger partial charge is 0.668 e. The summed E-state index contributed by atoms with van der Waals surface area (Å²) >= 11 is 0. The molecule has 0 aromatic heterocycles. The summed E-state index contributed by atoms with van der Waals surface area (Å²) in [4.78, 5) is 7.51. The van der Waals surface area contributed by atoms with Crippen LogP contribution in [0.5, 0.6) is 0 Å². The van der Waals surface area contributed by atoms with Crippen LogP contribution in [0.3, 0.4) is 0 Å². The summed E-state index contributed by atoms with van der Waals surface area (Å²) in [5.41, 5.74) is 0. The SMILES string of the molecule is CCN(CC)CC[N-][Si](CC)(CC)CC.C[Si](C)(C)[N-][Si](C)(C)C.[Co+3]. The van der Waals surface area contributed by atoms with E-state index >= 15 is 0 Å². The summed E-state index contributed by atoms with van der Waals surface area (Å²) in [6.45, 7) is 29.7. The van der Waals surface area contributed by atoms with Crippen molar-refractivity contribution in [2.24, 2.45) is 0 Å². The third-order valence-corrected chi connectivity index (χ3v) is 14.6. The second-order valence-electron chi connectivity index (χ2n) is 8.65. The molecule has 0 amide bonds. The molecule has 7 heteroatoms. The minimum Gasteiger partial charge on any atom is -0.668 e. The van der Waals surface area contributed by atoms with Crippen molar-refractivity contribution in [3.05, 3.63) is 9.63 Å². The largest absolute Gasteiger partial charge is 3.00 e. The summed E-state index contributed by atoms with van der Waals surface area (Å²) < 4.78 is 4.82. The third-order valence-electron chi connectivity index (χ3n) is 4.40. The third kappa shape index (κ3) is 18.2. The Kier molecular flexibility index (Phi) is 18.5. The fraction of sp³-hybridized carbons (Fsp3) is 1.00. The van der Waals surface area contributed by atoms with Gasteiger partial charge < -0.3 is 14.5 Å². The van der Waals surface area contributed by atoms with Gasteiger partial charge in [-0.3, -0.25) is 0 Å². The van der Waals surface area contributed by atoms with Crippen LogP contribution < -0.4 is 0 Å². The van der Waals surface area contributed by atoms with Crippen molar-refractivity contribution < 1.29 is 16.8 Å². The fourth-order valence-electron chi connectivity index (χ4n) is 3.06. The minimum atomic E-state index is -1.21. The van der Waals surface area contributed by atoms with E-state index in [0.29, 0.717) is 0 Å². The topological polar surface area (TPSA) is 31.4 Å². The summed E-state index contributed by atoms with van der Waals surface area (Å²) in [5, 5.41) is 0. The number of rotatable bonds is 11. The van der Waals surface area contributed by atoms with E-state index in [1.807, 2.05) is 0 Å². The summed E-state index contributed by atoms with van der Waals surface area (Å²) in [6, 6.07) is 3.95. The average molecular weight is 449 g/mol. The van der Waals surface area contributed by atoms with E-state index in [1.54, 1.807) is 0 Å². The molecule has 3 nitrogen and oxygen atoms in total. The second-order valence-corrected chi connectivity index (χ2v) is 23.1. The molecule has 154 valence electrons. The number of hydrogen-bond donors (Lipinski definition) is 0. The molecule has 0 aliphatic carbocycles. The Morgan fingerprint density at radius 1 is 0.680 bits per heavy atom. The van der Waals surface area contributed by atoms with E-state index < -0.39 is 24.7 Å². The van der Waals surface area contributed by atoms with Crippen molar-refractivity contribution in [3.63, 3.8) is 0 Å². The molecule has 0 radical (unpaired) electrons. The van der Waals surface area contributed by atoms with Gasteiger partial charge in [-0.2, -0.15) is 0 Å². The van der Waals surface area contributed by atoms with Crippen LogP contribution in [-0.4, -0.2) is 55.8 Å². The van der Waals surface area contributed by atoms with Crippen LogP contribution in [0.4, 0.5) is 0 Å². The van der Waals surface area contributed by atoms with Crippen LogP contribution in [0.1, 0.15) is 34.6 Å². The molecule has 25 heavy (non-hydrogen) atoms. The quantitative estimate of drug-likeness (QED) is 0.322. The van der Waals surface area contributed by atoms with Gasteiger partial charge >= 0.3 is 16.8 Å². The van der Waals surface area contributed by atoms with E-state index in [-0.39, 0.29) is 16.8 Å². The number of nitrogens with zero attached hydrogens (tertiary/aromatic N) is 3. The van der Waals surface area contributed by atoms with Gasteiger partial charge in [0.05, 0.1) is 0 Å². The van der Waals surface area contributed by atoms with Crippen molar-refractivity contribution in [1.82, 2.24) is 4.90 Å². The van der Waals surface area contributed by atoms with Crippen molar-refractivity contribution >= 4 is 24.7 Å². The van der Waals surface area contributed by atoms with Crippen molar-refractivity contribution in [2.45, 2.75) is 92.0 Å². The maximum atomic E-state index is 5.04. The average Bonchev–Trinajstić information content (AvgIpc) is 2.45. The first-order chi connectivity index (χ1) is 10.9. The summed E-state index contributed by atoms with van der Waals surface area (Å²) in [5.74, 6) is 0. The first kappa shape index (κ1) is 30.8. The Bertz CT molecular complexity index is 277. The van der Waals surface area contributed by atoms with Crippen LogP contribution in [0, 0.1) is 0 Å². The first-order valence-electron chi connectivity index (χ1n) is 10.0. The zero-order valence-corrected chi connectivity index (χ0v) is 23.2. The Balaban J connectivity index is -0.000000418. The summed E-state index contributed by atoms with van der Waals surface area (Å²) in [6.07, 6.45) is 0. The minimum absolute atomic E-state index is 0. The van der Waals surface area contributed by atoms with Crippen LogP contribution in [0.25, 0.3) is 9.63 Å². The van der Waals surface area contributed by atoms with Gasteiger partial charge in [0.15, 0.2) is 0 Å². The van der Waals surface area contributed by atoms with Gasteiger partial charge in [-0.25, -0.2) is 0 Å². The Morgan fingerprint density at radius 3 is 1.24 bits per heavy atom. The summed E-state index contributed by atoms with van der Waals surface area (Å²) in [7, 11) is -3.42. The molecule has 0 spiro atoms. The van der Waals surface area contributed by atoms with Gasteiger partial charge in [-0.15, -0.1) is 6.54 Å². The first-order valence-corrected chi connectivity index (χ1v) is 19.5. The van der Waals surface area contributed by atoms with Gasteiger partial charge in [0.2, 0.25) is 0 Å². The predicted octanol–water partition coefficient (Wildman–Crippen LogP) is 6.73. The van der Waals surface area contributed by atoms with Crippen LogP contribution in [-0.2, 0) is 16.8 Å². The molecule has 0 saturated heterocycles. The van der Waals surface area contributed by atoms with Crippen molar-refractivity contribution in [2.75, 3.05) is 26.2 Å². The number of likely N-dealkylation sites (N-methyl/N-ethyl adjacent to an activating group) is 1. The number of hydrogen-bond acceptors (Lipinski definition) is 1. The maximum absolute atomic E-state index is 5.04. The van der Waals surface area contributed by atoms with Crippen molar-refractivity contribution in [1.29, 1.82) is 0 Å². The second kappa shape index (κ2) is 15.0. The van der Waals surface area contributed by atoms with Gasteiger partial charge in [-0.1, -0.05) is 117 Å². The molecule has 0 heterocycles. The maximum Gasteiger partial charge on any atom is 3.00 e. The zero-order chi connectivity index (χ0) is 19.4. The fourth-order valence-corrected chi connectivity index (χ4v) is 13.9. The molecule has 0 aromatic rings. The molecule has 0 unspecified atom stereocenters. The molecule has 0 N–H and O–H groups in total.